The summed E-state index contributed by atoms with van der Waals surface area (Å²) in [5.74, 6) is 1.24. The lowest BCUT2D eigenvalue weighted by Crippen LogP contribution is -2.08. The smallest absolute Gasteiger partial charge is 0.115 e. The molecule has 122 valence electrons. The van der Waals surface area contributed by atoms with Gasteiger partial charge in [-0.15, -0.1) is 0 Å². The molecule has 0 amide bonds. The highest BCUT2D eigenvalue weighted by molar-refractivity contribution is 5.88. The van der Waals surface area contributed by atoms with Gasteiger partial charge in [0.05, 0.1) is 5.52 Å². The third kappa shape index (κ3) is 2.08. The predicted molar refractivity (Wildman–Crippen MR) is 96.7 cm³/mol. The molecule has 1 saturated heterocycles. The summed E-state index contributed by atoms with van der Waals surface area (Å²) >= 11 is 0. The van der Waals surface area contributed by atoms with Crippen LogP contribution in [0.15, 0.2) is 48.7 Å². The molecule has 0 radical (unpaired) electrons. The molecular weight excluding hydrogens is 296 g/mol. The summed E-state index contributed by atoms with van der Waals surface area (Å²) in [6.07, 6.45) is 4.82. The maximum Gasteiger partial charge on any atom is 0.115 e. The van der Waals surface area contributed by atoms with Crippen LogP contribution in [0.4, 0.5) is 0 Å². The number of aromatic nitrogens is 1. The number of aryl methyl sites for hydroxylation is 2. The Hall–Kier alpha value is -2.26. The Kier molecular flexibility index (Phi) is 3.17. The molecule has 5 rings (SSSR count). The standard InChI is InChI=1S/C21H22N2O/c24-16-7-1-5-15(10-16)18-11-22-12-19(18)20-13-23-9-3-6-14-4-2-8-17(20)21(14)23/h1-2,4-5,7-8,10,13,18-19,22,24H,3,6,9,11-12H2/t18-,19+/m0/s1. The Bertz CT molecular complexity index is 911. The molecule has 1 fully saturated rings. The van der Waals surface area contributed by atoms with Crippen molar-refractivity contribution in [3.63, 3.8) is 0 Å². The average Bonchev–Trinajstić information content (AvgIpc) is 3.21. The summed E-state index contributed by atoms with van der Waals surface area (Å²) in [5, 5.41) is 14.9. The Balaban J connectivity index is 1.63. The van der Waals surface area contributed by atoms with Gasteiger partial charge in [-0.1, -0.05) is 30.3 Å². The summed E-state index contributed by atoms with van der Waals surface area (Å²) in [7, 11) is 0. The maximum absolute atomic E-state index is 9.86. The van der Waals surface area contributed by atoms with E-state index in [1.807, 2.05) is 12.1 Å². The summed E-state index contributed by atoms with van der Waals surface area (Å²) in [4.78, 5) is 0. The first-order chi connectivity index (χ1) is 11.8. The minimum absolute atomic E-state index is 0.362. The Morgan fingerprint density at radius 3 is 2.83 bits per heavy atom. The summed E-state index contributed by atoms with van der Waals surface area (Å²) < 4.78 is 2.46. The largest absolute Gasteiger partial charge is 0.508 e. The second-order valence-electron chi connectivity index (χ2n) is 7.16. The van der Waals surface area contributed by atoms with E-state index in [1.165, 1.54) is 40.4 Å². The topological polar surface area (TPSA) is 37.2 Å². The highest BCUT2D eigenvalue weighted by Crippen LogP contribution is 2.41. The molecule has 2 aromatic carbocycles. The van der Waals surface area contributed by atoms with E-state index in [4.69, 9.17) is 0 Å². The Labute approximate surface area is 141 Å². The van der Waals surface area contributed by atoms with Gasteiger partial charge in [-0.3, -0.25) is 0 Å². The number of aromatic hydroxyl groups is 1. The van der Waals surface area contributed by atoms with Crippen molar-refractivity contribution >= 4 is 10.9 Å². The van der Waals surface area contributed by atoms with Crippen LogP contribution in [0.3, 0.4) is 0 Å². The molecule has 0 spiro atoms. The van der Waals surface area contributed by atoms with Crippen LogP contribution in [0.5, 0.6) is 5.75 Å². The fraction of sp³-hybridized carbons (Fsp3) is 0.333. The highest BCUT2D eigenvalue weighted by Gasteiger charge is 2.32. The molecular formula is C21H22N2O. The van der Waals surface area contributed by atoms with Crippen molar-refractivity contribution in [1.29, 1.82) is 0 Å². The second-order valence-corrected chi connectivity index (χ2v) is 7.16. The minimum atomic E-state index is 0.362. The monoisotopic (exact) mass is 318 g/mol. The van der Waals surface area contributed by atoms with Gasteiger partial charge in [-0.05, 0) is 41.7 Å². The van der Waals surface area contributed by atoms with Gasteiger partial charge in [0.2, 0.25) is 0 Å². The van der Waals surface area contributed by atoms with Crippen LogP contribution in [0.2, 0.25) is 0 Å². The third-order valence-corrected chi connectivity index (χ3v) is 5.77. The molecule has 2 aliphatic heterocycles. The summed E-state index contributed by atoms with van der Waals surface area (Å²) in [5.41, 5.74) is 5.63. The zero-order chi connectivity index (χ0) is 16.1. The fourth-order valence-electron chi connectivity index (χ4n) is 4.69. The lowest BCUT2D eigenvalue weighted by Gasteiger charge is -2.19. The van der Waals surface area contributed by atoms with E-state index in [1.54, 1.807) is 6.07 Å². The zero-order valence-corrected chi connectivity index (χ0v) is 13.7. The van der Waals surface area contributed by atoms with Crippen LogP contribution >= 0.6 is 0 Å². The number of phenolic OH excluding ortho intramolecular Hbond substituents is 1. The lowest BCUT2D eigenvalue weighted by molar-refractivity contribution is 0.473. The Morgan fingerprint density at radius 2 is 1.92 bits per heavy atom. The van der Waals surface area contributed by atoms with Gasteiger partial charge in [0.25, 0.3) is 0 Å². The molecule has 1 aromatic heterocycles. The van der Waals surface area contributed by atoms with Gasteiger partial charge in [-0.25, -0.2) is 0 Å². The highest BCUT2D eigenvalue weighted by atomic mass is 16.3. The fourth-order valence-corrected chi connectivity index (χ4v) is 4.69. The van der Waals surface area contributed by atoms with Crippen molar-refractivity contribution in [2.75, 3.05) is 13.1 Å². The molecule has 3 aromatic rings. The lowest BCUT2D eigenvalue weighted by atomic mass is 9.83. The zero-order valence-electron chi connectivity index (χ0n) is 13.7. The first kappa shape index (κ1) is 14.1. The molecule has 3 nitrogen and oxygen atoms in total. The predicted octanol–water partition coefficient (Wildman–Crippen LogP) is 3.76. The molecule has 0 unspecified atom stereocenters. The SMILES string of the molecule is Oc1cccc([C@@H]2CNC[C@H]2c2cn3c4c(cccc24)CCC3)c1. The summed E-state index contributed by atoms with van der Waals surface area (Å²) in [6.45, 7) is 3.11. The molecule has 2 atom stereocenters. The summed E-state index contributed by atoms with van der Waals surface area (Å²) in [6, 6.07) is 14.6. The van der Waals surface area contributed by atoms with Crippen molar-refractivity contribution in [2.45, 2.75) is 31.2 Å². The van der Waals surface area contributed by atoms with Crippen molar-refractivity contribution in [1.82, 2.24) is 9.88 Å². The molecule has 0 aliphatic carbocycles. The quantitative estimate of drug-likeness (QED) is 0.755. The molecule has 2 aliphatic rings. The van der Waals surface area contributed by atoms with Crippen molar-refractivity contribution in [3.05, 3.63) is 65.4 Å². The number of para-hydroxylation sites is 1. The second kappa shape index (κ2) is 5.38. The number of phenols is 1. The van der Waals surface area contributed by atoms with Crippen LogP contribution in [0.25, 0.3) is 10.9 Å². The first-order valence-electron chi connectivity index (χ1n) is 8.91. The van der Waals surface area contributed by atoms with Crippen molar-refractivity contribution in [3.8, 4) is 5.75 Å². The number of nitrogens with zero attached hydrogens (tertiary/aromatic N) is 1. The molecule has 2 N–H and O–H groups in total. The van der Waals surface area contributed by atoms with E-state index in [-0.39, 0.29) is 0 Å². The van der Waals surface area contributed by atoms with Gasteiger partial charge < -0.3 is 15.0 Å². The van der Waals surface area contributed by atoms with Crippen LogP contribution in [-0.4, -0.2) is 22.8 Å². The number of hydrogen-bond acceptors (Lipinski definition) is 2. The molecule has 0 bridgehead atoms. The van der Waals surface area contributed by atoms with Crippen LogP contribution in [0.1, 0.15) is 34.9 Å². The van der Waals surface area contributed by atoms with E-state index in [0.29, 0.717) is 17.6 Å². The van der Waals surface area contributed by atoms with Crippen molar-refractivity contribution < 1.29 is 5.11 Å². The van der Waals surface area contributed by atoms with E-state index in [0.717, 1.165) is 19.6 Å². The van der Waals surface area contributed by atoms with E-state index < -0.39 is 0 Å². The van der Waals surface area contributed by atoms with E-state index in [9.17, 15) is 5.11 Å². The normalized spacial score (nSPS) is 23.0. The van der Waals surface area contributed by atoms with Gasteiger partial charge in [-0.2, -0.15) is 0 Å². The third-order valence-electron chi connectivity index (χ3n) is 5.77. The van der Waals surface area contributed by atoms with E-state index >= 15 is 0 Å². The van der Waals surface area contributed by atoms with Crippen LogP contribution in [-0.2, 0) is 13.0 Å². The van der Waals surface area contributed by atoms with Gasteiger partial charge >= 0.3 is 0 Å². The molecule has 3 heterocycles. The molecule has 24 heavy (non-hydrogen) atoms. The molecule has 0 saturated carbocycles. The van der Waals surface area contributed by atoms with Gasteiger partial charge in [0, 0.05) is 43.1 Å². The maximum atomic E-state index is 9.86. The van der Waals surface area contributed by atoms with E-state index in [2.05, 4.69) is 40.3 Å². The van der Waals surface area contributed by atoms with Crippen molar-refractivity contribution in [2.24, 2.45) is 0 Å². The Morgan fingerprint density at radius 1 is 1.04 bits per heavy atom. The first-order valence-corrected chi connectivity index (χ1v) is 8.91. The number of rotatable bonds is 2. The minimum Gasteiger partial charge on any atom is -0.508 e. The number of hydrogen-bond donors (Lipinski definition) is 2. The van der Waals surface area contributed by atoms with Gasteiger partial charge in [0.1, 0.15) is 5.75 Å². The number of nitrogens with one attached hydrogen (secondary N) is 1. The van der Waals surface area contributed by atoms with Crippen LogP contribution in [0, 0.1) is 0 Å². The van der Waals surface area contributed by atoms with Crippen LogP contribution < -0.4 is 5.32 Å². The number of benzene rings is 2. The average molecular weight is 318 g/mol. The van der Waals surface area contributed by atoms with Gasteiger partial charge in [0.15, 0.2) is 0 Å². The molecule has 3 heteroatoms.